The largest absolute Gasteiger partial charge is 0.265 e. The summed E-state index contributed by atoms with van der Waals surface area (Å²) in [6, 6.07) is 0. The molecule has 0 atom stereocenters. The predicted octanol–water partition coefficient (Wildman–Crippen LogP) is 36.9. The van der Waals surface area contributed by atoms with Gasteiger partial charge in [-0.3, -0.25) is 5.32 Å². The maximum absolute atomic E-state index is 4.05. The van der Waals surface area contributed by atoms with Gasteiger partial charge in [-0.15, -0.1) is 0 Å². The quantitative estimate of drug-likeness (QED) is 0.0841. The van der Waals surface area contributed by atoms with E-state index in [1.807, 2.05) is 0 Å². The first kappa shape index (κ1) is 99.0. The van der Waals surface area contributed by atoms with Crippen LogP contribution in [0, 0.1) is 0 Å². The summed E-state index contributed by atoms with van der Waals surface area (Å²) < 4.78 is -31.1. The lowest BCUT2D eigenvalue weighted by atomic mass is 10.0. The summed E-state index contributed by atoms with van der Waals surface area (Å²) in [6.45, 7) is 0. The van der Waals surface area contributed by atoms with Crippen molar-refractivity contribution in [3.05, 3.63) is 0 Å². The fourth-order valence-corrected chi connectivity index (χ4v) is 53.6. The summed E-state index contributed by atoms with van der Waals surface area (Å²) in [5.74, 6) is 0. The third-order valence-electron chi connectivity index (χ3n) is 8.91. The van der Waals surface area contributed by atoms with Crippen LogP contribution in [-0.2, 0) is 0 Å². The monoisotopic (exact) mass is 4250 g/mol. The normalized spacial score (nSPS) is 17.5. The van der Waals surface area contributed by atoms with E-state index in [2.05, 4.69) is 802 Å². The summed E-state index contributed by atoms with van der Waals surface area (Å²) in [7, 11) is 0. The molecule has 0 aliphatic rings. The van der Waals surface area contributed by atoms with Crippen LogP contribution < -0.4 is 5.32 Å². The fourth-order valence-electron chi connectivity index (χ4n) is 4.26. The number of alkyl halides is 50. The first-order chi connectivity index (χ1) is 31.2. The minimum absolute atomic E-state index is 0.941. The van der Waals surface area contributed by atoms with Gasteiger partial charge in [0.1, 0.15) is 64.7 Å². The molecule has 0 unspecified atom stereocenters. The maximum atomic E-state index is 4.05. The van der Waals surface area contributed by atoms with Crippen LogP contribution in [0.1, 0.15) is 0 Å². The third-order valence-corrected chi connectivity index (χ3v) is 112. The molecule has 0 saturated carbocycles. The van der Waals surface area contributed by atoms with Gasteiger partial charge in [0.2, 0.25) is 0 Å². The molecule has 0 aromatic heterocycles. The fraction of sp³-hybridized carbons (Fsp3) is 1.00. The average Bonchev–Trinajstić information content (AvgIpc) is 3.14. The maximum Gasteiger partial charge on any atom is 0.162 e. The SMILES string of the molecule is BrC(Br)(Br)C(Br)(Br)C(Br)(Br)C(Br)(Br)C(Br)(Br)C(Br)(Br)C(Br)(Br)C(Br)(Br)C(Br)(Br)C(Br)(Br)C(Br)(Br)C(Br)(Br)NC(Br)(Br)C(Br)(Br)C(Br)(Br)C(Br)(Br)C(Br)(Br)C(Br)(Br)C(Br)(Br)C(Br)(Br)C(Br)(Br)C(Br)(Br)C(Br)(Br)C(Br)(Br)Br. The Labute approximate surface area is 854 Å². The Kier molecular flexibility index (Phi) is 42.6. The Balaban J connectivity index is 7.90. The van der Waals surface area contributed by atoms with Crippen LogP contribution in [0.15, 0.2) is 0 Å². The van der Waals surface area contributed by atoms with Gasteiger partial charge in [0.15, 0.2) is 11.0 Å². The van der Waals surface area contributed by atoms with Crippen molar-refractivity contribution in [2.75, 3.05) is 0 Å². The van der Waals surface area contributed by atoms with E-state index in [1.54, 1.807) is 0 Å². The summed E-state index contributed by atoms with van der Waals surface area (Å²) in [4.78, 5) is 0. The molecule has 51 heteroatoms. The number of nitrogens with one attached hydrogen (secondary N) is 1. The zero-order chi connectivity index (χ0) is 62.7. The molecule has 75 heavy (non-hydrogen) atoms. The standard InChI is InChI=1S/C24HBr50N/c25-1(26,5(33,34)9(41,42)13(49,50)17(57,58)21(65,66)67)3(29,30)7(37,38)11(45,46)15(53,54)19(61,62)23(71,72)75-24(73,74)20(63,64)16(55,56)12(47,48)8(39,40)4(31,32)2(27,28)6(35,36)10(43,44)14(51,52)18(59,60)22(68,69)70/h75H. The van der Waals surface area contributed by atoms with Gasteiger partial charge < -0.3 is 0 Å². The molecular formula is C24HBr50N. The molecule has 1 nitrogen and oxygen atoms in total. The summed E-state index contributed by atoms with van der Waals surface area (Å²) in [5, 5.41) is 3.60. The van der Waals surface area contributed by atoms with Crippen molar-refractivity contribution in [1.29, 1.82) is 0 Å². The van der Waals surface area contributed by atoms with E-state index in [4.69, 9.17) is 0 Å². The van der Waals surface area contributed by atoms with Gasteiger partial charge in [-0.1, -0.05) is 796 Å². The lowest BCUT2D eigenvalue weighted by Gasteiger charge is -2.61. The zero-order valence-electron chi connectivity index (χ0n) is 31.4. The first-order valence-electron chi connectivity index (χ1n) is 15.4. The van der Waals surface area contributed by atoms with Crippen molar-refractivity contribution in [2.45, 2.75) is 75.7 Å². The topological polar surface area (TPSA) is 12.0 Å². The Morgan fingerprint density at radius 2 is 0.187 bits per heavy atom. The number of hydrogen-bond donors (Lipinski definition) is 1. The van der Waals surface area contributed by atoms with Crippen LogP contribution in [0.2, 0.25) is 0 Å². The van der Waals surface area contributed by atoms with Gasteiger partial charge in [0.25, 0.3) is 0 Å². The molecule has 0 aliphatic carbocycles. The lowest BCUT2D eigenvalue weighted by molar-refractivity contribution is 0.472. The van der Waals surface area contributed by atoms with E-state index in [0.717, 1.165) is 0 Å². The highest BCUT2D eigenvalue weighted by Crippen LogP contribution is 2.84. The molecule has 0 spiro atoms. The van der Waals surface area contributed by atoms with Crippen LogP contribution in [0.4, 0.5) is 0 Å². The molecule has 1 N–H and O–H groups in total. The summed E-state index contributed by atoms with van der Waals surface area (Å²) in [6.07, 6.45) is 0. The van der Waals surface area contributed by atoms with E-state index in [-0.39, 0.29) is 0 Å². The molecule has 0 amide bonds. The van der Waals surface area contributed by atoms with E-state index in [9.17, 15) is 0 Å². The Morgan fingerprint density at radius 1 is 0.107 bits per heavy atom. The molecule has 0 aliphatic heterocycles. The van der Waals surface area contributed by atoms with Gasteiger partial charge in [-0.2, -0.15) is 0 Å². The molecule has 0 fully saturated rings. The van der Waals surface area contributed by atoms with Crippen molar-refractivity contribution in [3.8, 4) is 0 Å². The molecule has 0 heterocycles. The molecule has 0 rings (SSSR count). The van der Waals surface area contributed by atoms with Gasteiger partial charge in [0, 0.05) is 0 Å². The van der Waals surface area contributed by atoms with Gasteiger partial charge in [-0.05, 0) is 0 Å². The predicted molar refractivity (Wildman–Crippen MR) is 515 cm³/mol. The molecule has 0 radical (unpaired) electrons. The lowest BCUT2D eigenvalue weighted by Crippen LogP contribution is -2.74. The average molecular weight is 4300 g/mol. The highest BCUT2D eigenvalue weighted by atomic mass is 80.0. The van der Waals surface area contributed by atoms with Crippen molar-refractivity contribution in [3.63, 3.8) is 0 Å². The second-order valence-corrected chi connectivity index (χ2v) is 103. The van der Waals surface area contributed by atoms with E-state index >= 15 is 0 Å². The minimum Gasteiger partial charge on any atom is -0.265 e. The third kappa shape index (κ3) is 17.4. The minimum atomic E-state index is -1.45. The molecule has 0 aromatic carbocycles. The second-order valence-electron chi connectivity index (χ2n) is 13.8. The smallest absolute Gasteiger partial charge is 0.162 e. The van der Waals surface area contributed by atoms with Crippen molar-refractivity contribution < 1.29 is 0 Å². The van der Waals surface area contributed by atoms with Crippen LogP contribution in [0.25, 0.3) is 0 Å². The van der Waals surface area contributed by atoms with Crippen LogP contribution >= 0.6 is 796 Å². The summed E-state index contributed by atoms with van der Waals surface area (Å²) in [5.41, 5.74) is 0. The molecule has 452 valence electrons. The van der Waals surface area contributed by atoms with Crippen LogP contribution in [0.5, 0.6) is 0 Å². The molecule has 0 aromatic rings. The van der Waals surface area contributed by atoms with Gasteiger partial charge >= 0.3 is 0 Å². The van der Waals surface area contributed by atoms with Gasteiger partial charge in [0.05, 0.1) is 0 Å². The van der Waals surface area contributed by atoms with Gasteiger partial charge in [-0.25, -0.2) is 0 Å². The van der Waals surface area contributed by atoms with Crippen LogP contribution in [0.3, 0.4) is 0 Å². The highest BCUT2D eigenvalue weighted by molar-refractivity contribution is 9.45. The summed E-state index contributed by atoms with van der Waals surface area (Å²) >= 11 is 197. The number of hydrogen-bond acceptors (Lipinski definition) is 1. The highest BCUT2D eigenvalue weighted by Gasteiger charge is 2.84. The number of rotatable bonds is 22. The first-order valence-corrected chi connectivity index (χ1v) is 55.1. The number of halogens is 50. The molecule has 0 bridgehead atoms. The second kappa shape index (κ2) is 32.3. The molecular weight excluding hydrogens is 4300 g/mol. The van der Waals surface area contributed by atoms with Crippen molar-refractivity contribution in [2.24, 2.45) is 0 Å². The molecule has 0 saturated heterocycles. The zero-order valence-corrected chi connectivity index (χ0v) is 111. The van der Waals surface area contributed by atoms with E-state index in [1.165, 1.54) is 0 Å². The Hall–Kier alpha value is 24.0. The van der Waals surface area contributed by atoms with Crippen molar-refractivity contribution in [1.82, 2.24) is 5.32 Å². The van der Waals surface area contributed by atoms with E-state index in [0.29, 0.717) is 0 Å². The Morgan fingerprint density at radius 3 is 0.280 bits per heavy atom. The van der Waals surface area contributed by atoms with Crippen LogP contribution in [-0.4, -0.2) is 75.7 Å². The van der Waals surface area contributed by atoms with E-state index < -0.39 is 75.7 Å². The Bertz CT molecular complexity index is 1910. The van der Waals surface area contributed by atoms with Crippen molar-refractivity contribution >= 4 is 796 Å².